The zero-order valence-electron chi connectivity index (χ0n) is 14.9. The van der Waals surface area contributed by atoms with Crippen LogP contribution in [-0.2, 0) is 6.54 Å². The molecule has 2 aromatic heterocycles. The number of nitrogens with one attached hydrogen (secondary N) is 1. The minimum atomic E-state index is 0.0178. The van der Waals surface area contributed by atoms with Crippen molar-refractivity contribution in [3.63, 3.8) is 0 Å². The van der Waals surface area contributed by atoms with Gasteiger partial charge in [-0.3, -0.25) is 14.7 Å². The highest BCUT2D eigenvalue weighted by Gasteiger charge is 2.27. The Labute approximate surface area is 152 Å². The minimum Gasteiger partial charge on any atom is -0.343 e. The van der Waals surface area contributed by atoms with Crippen LogP contribution in [0.5, 0.6) is 0 Å². The molecule has 1 aromatic carbocycles. The van der Waals surface area contributed by atoms with E-state index in [-0.39, 0.29) is 11.9 Å². The molecule has 6 nitrogen and oxygen atoms in total. The Morgan fingerprint density at radius 3 is 2.92 bits per heavy atom. The second-order valence-electron chi connectivity index (χ2n) is 6.91. The fourth-order valence-electron chi connectivity index (χ4n) is 3.71. The van der Waals surface area contributed by atoms with Crippen molar-refractivity contribution in [1.82, 2.24) is 24.8 Å². The summed E-state index contributed by atoms with van der Waals surface area (Å²) >= 11 is 0. The van der Waals surface area contributed by atoms with Crippen molar-refractivity contribution in [1.29, 1.82) is 0 Å². The molecule has 0 radical (unpaired) electrons. The third kappa shape index (κ3) is 3.32. The maximum absolute atomic E-state index is 13.2. The molecule has 1 aliphatic rings. The smallest absolute Gasteiger partial charge is 0.257 e. The van der Waals surface area contributed by atoms with Crippen molar-refractivity contribution in [3.05, 3.63) is 60.2 Å². The van der Waals surface area contributed by atoms with E-state index in [1.807, 2.05) is 11.0 Å². The predicted molar refractivity (Wildman–Crippen MR) is 101 cm³/mol. The van der Waals surface area contributed by atoms with Crippen molar-refractivity contribution in [2.24, 2.45) is 0 Å². The topological polar surface area (TPSA) is 65.1 Å². The molecule has 1 N–H and O–H groups in total. The number of hydrogen-bond acceptors (Lipinski definition) is 4. The van der Waals surface area contributed by atoms with Gasteiger partial charge in [-0.2, -0.15) is 0 Å². The van der Waals surface area contributed by atoms with E-state index in [1.54, 1.807) is 18.7 Å². The number of benzene rings is 1. The summed E-state index contributed by atoms with van der Waals surface area (Å²) in [6.07, 6.45) is 5.90. The number of carbonyl (C=O) groups excluding carboxylic acids is 1. The van der Waals surface area contributed by atoms with Crippen LogP contribution in [-0.4, -0.2) is 56.3 Å². The number of H-pyrrole nitrogens is 1. The number of rotatable bonds is 3. The first-order valence-electron chi connectivity index (χ1n) is 9.06. The molecule has 4 rings (SSSR count). The lowest BCUT2D eigenvalue weighted by atomic mass is 10.1. The Kier molecular flexibility index (Phi) is 4.67. The number of imidazole rings is 1. The average molecular weight is 349 g/mol. The zero-order valence-corrected chi connectivity index (χ0v) is 14.9. The number of amides is 1. The van der Waals surface area contributed by atoms with Crippen LogP contribution in [0.3, 0.4) is 0 Å². The van der Waals surface area contributed by atoms with Gasteiger partial charge in [-0.25, -0.2) is 4.98 Å². The predicted octanol–water partition coefficient (Wildman–Crippen LogP) is 2.69. The first-order chi connectivity index (χ1) is 12.7. The van der Waals surface area contributed by atoms with Crippen LogP contribution in [0, 0.1) is 0 Å². The SMILES string of the molecule is CC1CN(Cc2ccccc2)CCCN1C(=O)c1cncc2[nH]cnc12. The van der Waals surface area contributed by atoms with Gasteiger partial charge in [-0.1, -0.05) is 30.3 Å². The highest BCUT2D eigenvalue weighted by Crippen LogP contribution is 2.19. The van der Waals surface area contributed by atoms with Crippen molar-refractivity contribution >= 4 is 16.9 Å². The summed E-state index contributed by atoms with van der Waals surface area (Å²) < 4.78 is 0. The van der Waals surface area contributed by atoms with Crippen LogP contribution in [0.25, 0.3) is 11.0 Å². The molecule has 0 aliphatic carbocycles. The molecule has 1 amide bonds. The summed E-state index contributed by atoms with van der Waals surface area (Å²) in [5, 5.41) is 0. The lowest BCUT2D eigenvalue weighted by Gasteiger charge is -2.29. The highest BCUT2D eigenvalue weighted by atomic mass is 16.2. The molecule has 1 saturated heterocycles. The molecule has 3 aromatic rings. The summed E-state index contributed by atoms with van der Waals surface area (Å²) in [6.45, 7) is 5.66. The van der Waals surface area contributed by atoms with Crippen molar-refractivity contribution in [2.75, 3.05) is 19.6 Å². The number of aromatic amines is 1. The molecule has 6 heteroatoms. The van der Waals surface area contributed by atoms with E-state index in [2.05, 4.69) is 51.0 Å². The van der Waals surface area contributed by atoms with Gasteiger partial charge in [-0.05, 0) is 18.9 Å². The molecular formula is C20H23N5O. The van der Waals surface area contributed by atoms with Gasteiger partial charge in [0.1, 0.15) is 5.52 Å². The van der Waals surface area contributed by atoms with Gasteiger partial charge < -0.3 is 9.88 Å². The molecular weight excluding hydrogens is 326 g/mol. The maximum Gasteiger partial charge on any atom is 0.257 e. The van der Waals surface area contributed by atoms with E-state index < -0.39 is 0 Å². The van der Waals surface area contributed by atoms with Crippen LogP contribution < -0.4 is 0 Å². The summed E-state index contributed by atoms with van der Waals surface area (Å²) in [7, 11) is 0. The molecule has 1 atom stereocenters. The number of fused-ring (bicyclic) bond motifs is 1. The Balaban J connectivity index is 1.51. The Morgan fingerprint density at radius 1 is 1.23 bits per heavy atom. The third-order valence-electron chi connectivity index (χ3n) is 5.00. The first kappa shape index (κ1) is 16.7. The molecule has 0 spiro atoms. The molecule has 1 unspecified atom stereocenters. The van der Waals surface area contributed by atoms with Gasteiger partial charge in [0.2, 0.25) is 0 Å². The summed E-state index contributed by atoms with van der Waals surface area (Å²) in [4.78, 5) is 29.1. The number of pyridine rings is 1. The van der Waals surface area contributed by atoms with Crippen LogP contribution in [0.4, 0.5) is 0 Å². The number of nitrogens with zero attached hydrogens (tertiary/aromatic N) is 4. The normalized spacial score (nSPS) is 18.8. The van der Waals surface area contributed by atoms with E-state index in [1.165, 1.54) is 5.56 Å². The Hall–Kier alpha value is -2.73. The van der Waals surface area contributed by atoms with E-state index in [0.29, 0.717) is 11.1 Å². The maximum atomic E-state index is 13.2. The molecule has 0 bridgehead atoms. The number of carbonyl (C=O) groups is 1. The Morgan fingerprint density at radius 2 is 2.08 bits per heavy atom. The molecule has 0 saturated carbocycles. The quantitative estimate of drug-likeness (QED) is 0.790. The average Bonchev–Trinajstić information content (AvgIpc) is 3.06. The third-order valence-corrected chi connectivity index (χ3v) is 5.00. The van der Waals surface area contributed by atoms with E-state index in [4.69, 9.17) is 0 Å². The molecule has 26 heavy (non-hydrogen) atoms. The van der Waals surface area contributed by atoms with Crippen LogP contribution in [0.2, 0.25) is 0 Å². The highest BCUT2D eigenvalue weighted by molar-refractivity contribution is 6.04. The lowest BCUT2D eigenvalue weighted by molar-refractivity contribution is 0.0693. The second-order valence-corrected chi connectivity index (χ2v) is 6.91. The van der Waals surface area contributed by atoms with E-state index >= 15 is 0 Å². The fourth-order valence-corrected chi connectivity index (χ4v) is 3.71. The van der Waals surface area contributed by atoms with Crippen molar-refractivity contribution < 1.29 is 4.79 Å². The van der Waals surface area contributed by atoms with Gasteiger partial charge in [-0.15, -0.1) is 0 Å². The standard InChI is InChI=1S/C20H23N5O/c1-15-12-24(13-16-6-3-2-4-7-16)8-5-9-25(15)20(26)17-10-21-11-18-19(17)23-14-22-18/h2-4,6-7,10-11,14-15H,5,8-9,12-13H2,1H3,(H,22,23). The number of hydrogen-bond donors (Lipinski definition) is 1. The summed E-state index contributed by atoms with van der Waals surface area (Å²) in [5.74, 6) is 0.0178. The zero-order chi connectivity index (χ0) is 17.9. The van der Waals surface area contributed by atoms with Crippen LogP contribution in [0.1, 0.15) is 29.3 Å². The molecule has 1 fully saturated rings. The van der Waals surface area contributed by atoms with Gasteiger partial charge in [0.15, 0.2) is 0 Å². The second kappa shape index (κ2) is 7.25. The molecule has 3 heterocycles. The molecule has 1 aliphatic heterocycles. The van der Waals surface area contributed by atoms with Gasteiger partial charge in [0.05, 0.1) is 23.6 Å². The fraction of sp³-hybridized carbons (Fsp3) is 0.350. The lowest BCUT2D eigenvalue weighted by Crippen LogP contribution is -2.42. The monoisotopic (exact) mass is 349 g/mol. The molecule has 134 valence electrons. The first-order valence-corrected chi connectivity index (χ1v) is 9.06. The Bertz CT molecular complexity index is 891. The van der Waals surface area contributed by atoms with E-state index in [9.17, 15) is 4.79 Å². The largest absolute Gasteiger partial charge is 0.343 e. The van der Waals surface area contributed by atoms with Crippen molar-refractivity contribution in [2.45, 2.75) is 25.9 Å². The van der Waals surface area contributed by atoms with Crippen LogP contribution >= 0.6 is 0 Å². The van der Waals surface area contributed by atoms with Gasteiger partial charge in [0.25, 0.3) is 5.91 Å². The van der Waals surface area contributed by atoms with E-state index in [0.717, 1.165) is 38.1 Å². The van der Waals surface area contributed by atoms with Gasteiger partial charge >= 0.3 is 0 Å². The summed E-state index contributed by atoms with van der Waals surface area (Å²) in [5.41, 5.74) is 3.38. The van der Waals surface area contributed by atoms with Gasteiger partial charge in [0, 0.05) is 38.4 Å². The number of aromatic nitrogens is 3. The van der Waals surface area contributed by atoms with Crippen LogP contribution in [0.15, 0.2) is 49.1 Å². The van der Waals surface area contributed by atoms with Crippen molar-refractivity contribution in [3.8, 4) is 0 Å². The summed E-state index contributed by atoms with van der Waals surface area (Å²) in [6, 6.07) is 10.6. The minimum absolute atomic E-state index is 0.0178.